The van der Waals surface area contributed by atoms with Crippen LogP contribution in [0.15, 0.2) is 48.7 Å². The van der Waals surface area contributed by atoms with Gasteiger partial charge in [-0.3, -0.25) is 9.89 Å². The van der Waals surface area contributed by atoms with E-state index in [-0.39, 0.29) is 5.91 Å². The zero-order chi connectivity index (χ0) is 20.2. The normalized spacial score (nSPS) is 11.0. The van der Waals surface area contributed by atoms with Crippen LogP contribution in [0.3, 0.4) is 0 Å². The maximum atomic E-state index is 12.6. The van der Waals surface area contributed by atoms with Gasteiger partial charge in [0.05, 0.1) is 10.4 Å². The average Bonchev–Trinajstić information content (AvgIpc) is 3.37. The van der Waals surface area contributed by atoms with Crippen LogP contribution in [-0.4, -0.2) is 34.2 Å². The van der Waals surface area contributed by atoms with Crippen LogP contribution >= 0.6 is 11.3 Å². The molecule has 0 bridgehead atoms. The lowest BCUT2D eigenvalue weighted by Crippen LogP contribution is -2.22. The van der Waals surface area contributed by atoms with Crippen molar-refractivity contribution in [2.45, 2.75) is 13.5 Å². The van der Waals surface area contributed by atoms with Gasteiger partial charge in [0, 0.05) is 24.8 Å². The highest BCUT2D eigenvalue weighted by atomic mass is 32.1. The third-order valence-corrected chi connectivity index (χ3v) is 5.47. The van der Waals surface area contributed by atoms with Crippen molar-refractivity contribution < 1.29 is 9.53 Å². The second-order valence-corrected chi connectivity index (χ2v) is 7.56. The first-order chi connectivity index (χ1) is 14.2. The molecule has 148 valence electrons. The van der Waals surface area contributed by atoms with Crippen molar-refractivity contribution in [2.75, 3.05) is 13.2 Å². The lowest BCUT2D eigenvalue weighted by atomic mass is 10.1. The van der Waals surface area contributed by atoms with Crippen LogP contribution in [0.4, 0.5) is 0 Å². The largest absolute Gasteiger partial charge is 0.490 e. The fourth-order valence-electron chi connectivity index (χ4n) is 3.03. The molecule has 4 aromatic rings. The van der Waals surface area contributed by atoms with Crippen LogP contribution in [0.2, 0.25) is 0 Å². The van der Waals surface area contributed by atoms with Gasteiger partial charge in [-0.15, -0.1) is 11.3 Å². The highest BCUT2D eigenvalue weighted by Gasteiger charge is 2.18. The van der Waals surface area contributed by atoms with Gasteiger partial charge in [0.1, 0.15) is 17.9 Å². The highest BCUT2D eigenvalue weighted by Crippen LogP contribution is 2.36. The molecule has 4 rings (SSSR count). The van der Waals surface area contributed by atoms with E-state index >= 15 is 0 Å². The Kier molecular flexibility index (Phi) is 5.55. The minimum atomic E-state index is -0.208. The Morgan fingerprint density at radius 2 is 2.10 bits per heavy atom. The Hall–Kier alpha value is -3.23. The van der Waals surface area contributed by atoms with Crippen LogP contribution in [0, 0.1) is 6.92 Å². The van der Waals surface area contributed by atoms with E-state index in [0.717, 1.165) is 27.1 Å². The van der Waals surface area contributed by atoms with Crippen molar-refractivity contribution in [3.8, 4) is 16.9 Å². The number of thiazole rings is 1. The number of hydrogen-bond donors (Lipinski definition) is 3. The number of carbonyl (C=O) groups is 1. The molecular weight excluding hydrogens is 386 g/mol. The van der Waals surface area contributed by atoms with E-state index in [1.54, 1.807) is 0 Å². The van der Waals surface area contributed by atoms with Gasteiger partial charge in [-0.2, -0.15) is 5.10 Å². The minimum Gasteiger partial charge on any atom is -0.490 e. The van der Waals surface area contributed by atoms with Gasteiger partial charge in [-0.05, 0) is 30.2 Å². The first-order valence-electron chi connectivity index (χ1n) is 9.26. The number of nitrogens with one attached hydrogen (secondary N) is 2. The van der Waals surface area contributed by atoms with E-state index < -0.39 is 0 Å². The summed E-state index contributed by atoms with van der Waals surface area (Å²) in [6, 6.07) is 13.7. The van der Waals surface area contributed by atoms with Gasteiger partial charge >= 0.3 is 0 Å². The van der Waals surface area contributed by atoms with E-state index in [2.05, 4.69) is 20.5 Å². The fourth-order valence-corrected chi connectivity index (χ4v) is 3.97. The molecule has 1 amide bonds. The van der Waals surface area contributed by atoms with Crippen molar-refractivity contribution >= 4 is 27.5 Å². The zero-order valence-electron chi connectivity index (χ0n) is 15.9. The van der Waals surface area contributed by atoms with Crippen molar-refractivity contribution in [1.82, 2.24) is 20.5 Å². The summed E-state index contributed by atoms with van der Waals surface area (Å²) in [7, 11) is 0. The Morgan fingerprint density at radius 1 is 1.28 bits per heavy atom. The lowest BCUT2D eigenvalue weighted by Gasteiger charge is -2.08. The van der Waals surface area contributed by atoms with E-state index in [4.69, 9.17) is 10.5 Å². The summed E-state index contributed by atoms with van der Waals surface area (Å²) < 4.78 is 6.70. The number of nitrogens with two attached hydrogens (primary N) is 1. The fraction of sp³-hybridized carbons (Fsp3) is 0.190. The summed E-state index contributed by atoms with van der Waals surface area (Å²) in [6.07, 6.45) is 1.84. The van der Waals surface area contributed by atoms with E-state index in [0.29, 0.717) is 36.0 Å². The number of ether oxygens (including phenoxy) is 1. The number of fused-ring (bicyclic) bond motifs is 1. The van der Waals surface area contributed by atoms with E-state index in [1.807, 2.05) is 55.6 Å². The van der Waals surface area contributed by atoms with E-state index in [9.17, 15) is 4.79 Å². The molecule has 0 aliphatic rings. The van der Waals surface area contributed by atoms with Crippen LogP contribution in [0.5, 0.6) is 5.75 Å². The first-order valence-corrected chi connectivity index (χ1v) is 10.1. The maximum absolute atomic E-state index is 12.6. The van der Waals surface area contributed by atoms with Crippen LogP contribution in [0.1, 0.15) is 21.1 Å². The molecule has 8 heteroatoms. The average molecular weight is 407 g/mol. The number of carbonyl (C=O) groups excluding carboxylic acids is 1. The molecule has 0 fully saturated rings. The maximum Gasteiger partial charge on any atom is 0.280 e. The second kappa shape index (κ2) is 8.42. The summed E-state index contributed by atoms with van der Waals surface area (Å²) in [5.41, 5.74) is 10.1. The van der Waals surface area contributed by atoms with Gasteiger partial charge in [0.15, 0.2) is 5.01 Å². The van der Waals surface area contributed by atoms with Gasteiger partial charge in [-0.1, -0.05) is 30.3 Å². The van der Waals surface area contributed by atoms with Crippen molar-refractivity contribution in [3.63, 3.8) is 0 Å². The Bertz CT molecular complexity index is 1140. The summed E-state index contributed by atoms with van der Waals surface area (Å²) in [4.78, 5) is 17.2. The molecule has 0 unspecified atom stereocenters. The number of hydrogen-bond acceptors (Lipinski definition) is 6. The smallest absolute Gasteiger partial charge is 0.280 e. The number of nitrogens with zero attached hydrogens (tertiary/aromatic N) is 2. The molecule has 0 radical (unpaired) electrons. The predicted molar refractivity (Wildman–Crippen MR) is 114 cm³/mol. The second-order valence-electron chi connectivity index (χ2n) is 6.53. The number of amides is 1. The SMILES string of the molecule is Cc1n[nH]cc1-c1cc(OCCN)c2nc(C(=O)NCc3ccccc3)sc2c1. The number of aromatic nitrogens is 3. The predicted octanol–water partition coefficient (Wildman–Crippen LogP) is 3.26. The molecule has 2 heterocycles. The third kappa shape index (κ3) is 4.13. The molecule has 0 aliphatic heterocycles. The van der Waals surface area contributed by atoms with Crippen LogP contribution in [0.25, 0.3) is 21.3 Å². The summed E-state index contributed by atoms with van der Waals surface area (Å²) in [6.45, 7) is 3.15. The highest BCUT2D eigenvalue weighted by molar-refractivity contribution is 7.20. The van der Waals surface area contributed by atoms with Crippen LogP contribution in [-0.2, 0) is 6.54 Å². The topological polar surface area (TPSA) is 106 Å². The third-order valence-electron chi connectivity index (χ3n) is 4.47. The monoisotopic (exact) mass is 407 g/mol. The molecule has 29 heavy (non-hydrogen) atoms. The molecule has 7 nitrogen and oxygen atoms in total. The van der Waals surface area contributed by atoms with Gasteiger partial charge in [-0.25, -0.2) is 4.98 Å². The molecule has 2 aromatic heterocycles. The number of benzene rings is 2. The molecule has 2 aromatic carbocycles. The van der Waals surface area contributed by atoms with Gasteiger partial charge < -0.3 is 15.8 Å². The molecule has 0 saturated carbocycles. The Balaban J connectivity index is 1.66. The number of rotatable bonds is 7. The summed E-state index contributed by atoms with van der Waals surface area (Å²) in [5, 5.41) is 10.4. The molecule has 0 spiro atoms. The molecule has 4 N–H and O–H groups in total. The quantitative estimate of drug-likeness (QED) is 0.436. The molecule has 0 saturated heterocycles. The molecular formula is C21H21N5O2S. The zero-order valence-corrected chi connectivity index (χ0v) is 16.8. The van der Waals surface area contributed by atoms with Gasteiger partial charge in [0.2, 0.25) is 0 Å². The number of H-pyrrole nitrogens is 1. The Morgan fingerprint density at radius 3 is 2.83 bits per heavy atom. The minimum absolute atomic E-state index is 0.208. The van der Waals surface area contributed by atoms with Crippen molar-refractivity contribution in [3.05, 3.63) is 64.9 Å². The van der Waals surface area contributed by atoms with Crippen molar-refractivity contribution in [1.29, 1.82) is 0 Å². The summed E-state index contributed by atoms with van der Waals surface area (Å²) >= 11 is 1.34. The molecule has 0 atom stereocenters. The number of aromatic amines is 1. The molecule has 0 aliphatic carbocycles. The van der Waals surface area contributed by atoms with Gasteiger partial charge in [0.25, 0.3) is 5.91 Å². The first kappa shape index (κ1) is 19.1. The standard InChI is InChI=1S/C21H21N5O2S/c1-13-16(12-24-26-13)15-9-17(28-8-7-22)19-18(10-15)29-21(25-19)20(27)23-11-14-5-3-2-4-6-14/h2-6,9-10,12H,7-8,11,22H2,1H3,(H,23,27)(H,24,26). The Labute approximate surface area is 171 Å². The van der Waals surface area contributed by atoms with Crippen LogP contribution < -0.4 is 15.8 Å². The summed E-state index contributed by atoms with van der Waals surface area (Å²) in [5.74, 6) is 0.405. The lowest BCUT2D eigenvalue weighted by molar-refractivity contribution is 0.0950. The number of aryl methyl sites for hydroxylation is 1. The van der Waals surface area contributed by atoms with Crippen molar-refractivity contribution in [2.24, 2.45) is 5.73 Å². The van der Waals surface area contributed by atoms with E-state index in [1.165, 1.54) is 11.3 Å².